The predicted octanol–water partition coefficient (Wildman–Crippen LogP) is 4.55. The molecule has 0 spiro atoms. The van der Waals surface area contributed by atoms with E-state index in [-0.39, 0.29) is 24.2 Å². The molecule has 4 aromatic rings. The minimum Gasteiger partial charge on any atom is -0.497 e. The van der Waals surface area contributed by atoms with Gasteiger partial charge in [-0.15, -0.1) is 5.10 Å². The Bertz CT molecular complexity index is 1240. The zero-order chi connectivity index (χ0) is 23.4. The Hall–Kier alpha value is -4.07. The summed E-state index contributed by atoms with van der Waals surface area (Å²) in [4.78, 5) is 13.5. The first-order valence-corrected chi connectivity index (χ1v) is 10.6. The van der Waals surface area contributed by atoms with E-state index in [0.29, 0.717) is 28.4 Å². The minimum absolute atomic E-state index is 0.224. The summed E-state index contributed by atoms with van der Waals surface area (Å²) in [6.07, 6.45) is 1.64. The molecular formula is C25H26N4O4. The van der Waals surface area contributed by atoms with Gasteiger partial charge in [-0.05, 0) is 23.6 Å². The summed E-state index contributed by atoms with van der Waals surface area (Å²) < 4.78 is 18.2. The van der Waals surface area contributed by atoms with Crippen LogP contribution in [0.25, 0.3) is 5.82 Å². The van der Waals surface area contributed by atoms with Crippen molar-refractivity contribution in [1.82, 2.24) is 20.0 Å². The maximum absolute atomic E-state index is 13.5. The van der Waals surface area contributed by atoms with Crippen molar-refractivity contribution < 1.29 is 19.0 Å². The molecule has 0 bridgehead atoms. The summed E-state index contributed by atoms with van der Waals surface area (Å²) in [5, 5.41) is 11.8. The highest BCUT2D eigenvalue weighted by Crippen LogP contribution is 2.30. The second kappa shape index (κ2) is 9.60. The summed E-state index contributed by atoms with van der Waals surface area (Å²) in [6, 6.07) is 16.7. The first-order valence-electron chi connectivity index (χ1n) is 10.6. The molecule has 8 nitrogen and oxygen atoms in total. The molecule has 2 aromatic carbocycles. The molecule has 8 heteroatoms. The standard InChI is InChI=1S/C25H26N4O4/c1-16(2)21-13-23(27-26-21)29-14-20(25(28-29)33-15-17-8-6-5-7-9-17)24(30)19-11-10-18(31-3)12-22(19)32-4/h5-14,16H,15H2,1-4H3,(H,26,27). The Kier molecular flexibility index (Phi) is 6.44. The van der Waals surface area contributed by atoms with Crippen molar-refractivity contribution >= 4 is 5.78 Å². The third-order valence-electron chi connectivity index (χ3n) is 5.22. The first-order chi connectivity index (χ1) is 16.0. The number of ether oxygens (including phenoxy) is 3. The molecule has 0 aliphatic rings. The van der Waals surface area contributed by atoms with Crippen LogP contribution in [0.3, 0.4) is 0 Å². The van der Waals surface area contributed by atoms with Crippen LogP contribution < -0.4 is 14.2 Å². The van der Waals surface area contributed by atoms with Crippen LogP contribution in [0.4, 0.5) is 0 Å². The van der Waals surface area contributed by atoms with Gasteiger partial charge in [-0.1, -0.05) is 44.2 Å². The lowest BCUT2D eigenvalue weighted by atomic mass is 10.0. The molecule has 0 amide bonds. The van der Waals surface area contributed by atoms with Gasteiger partial charge in [0, 0.05) is 18.3 Å². The number of ketones is 1. The van der Waals surface area contributed by atoms with E-state index >= 15 is 0 Å². The van der Waals surface area contributed by atoms with Crippen LogP contribution in [0.15, 0.2) is 60.8 Å². The average molecular weight is 447 g/mol. The summed E-state index contributed by atoms with van der Waals surface area (Å²) in [5.74, 6) is 1.85. The summed E-state index contributed by atoms with van der Waals surface area (Å²) in [7, 11) is 3.07. The Morgan fingerprint density at radius 1 is 1.03 bits per heavy atom. The van der Waals surface area contributed by atoms with E-state index in [1.54, 1.807) is 36.2 Å². The number of rotatable bonds is 9. The van der Waals surface area contributed by atoms with Gasteiger partial charge in [-0.3, -0.25) is 9.89 Å². The van der Waals surface area contributed by atoms with Crippen molar-refractivity contribution in [3.63, 3.8) is 0 Å². The predicted molar refractivity (Wildman–Crippen MR) is 124 cm³/mol. The Morgan fingerprint density at radius 3 is 2.48 bits per heavy atom. The minimum atomic E-state index is -0.271. The normalized spacial score (nSPS) is 10.9. The van der Waals surface area contributed by atoms with E-state index in [1.807, 2.05) is 36.4 Å². The quantitative estimate of drug-likeness (QED) is 0.380. The molecule has 4 rings (SSSR count). The largest absolute Gasteiger partial charge is 0.497 e. The second-order valence-corrected chi connectivity index (χ2v) is 7.79. The molecule has 0 aliphatic carbocycles. The molecule has 2 aromatic heterocycles. The van der Waals surface area contributed by atoms with Crippen LogP contribution >= 0.6 is 0 Å². The van der Waals surface area contributed by atoms with Crippen LogP contribution in [0.2, 0.25) is 0 Å². The number of methoxy groups -OCH3 is 2. The first kappa shape index (κ1) is 22.1. The lowest BCUT2D eigenvalue weighted by Crippen LogP contribution is -2.06. The van der Waals surface area contributed by atoms with E-state index in [9.17, 15) is 4.79 Å². The Balaban J connectivity index is 1.72. The molecule has 0 radical (unpaired) electrons. The molecule has 0 unspecified atom stereocenters. The Morgan fingerprint density at radius 2 is 1.82 bits per heavy atom. The smallest absolute Gasteiger partial charge is 0.245 e. The van der Waals surface area contributed by atoms with E-state index in [2.05, 4.69) is 29.1 Å². The second-order valence-electron chi connectivity index (χ2n) is 7.79. The zero-order valence-electron chi connectivity index (χ0n) is 19.0. The number of benzene rings is 2. The average Bonchev–Trinajstić information content (AvgIpc) is 3.50. The molecule has 170 valence electrons. The van der Waals surface area contributed by atoms with Gasteiger partial charge in [-0.2, -0.15) is 5.10 Å². The van der Waals surface area contributed by atoms with Gasteiger partial charge < -0.3 is 14.2 Å². The van der Waals surface area contributed by atoms with Gasteiger partial charge in [0.1, 0.15) is 29.5 Å². The fourth-order valence-corrected chi connectivity index (χ4v) is 3.34. The molecule has 0 aliphatic heterocycles. The van der Waals surface area contributed by atoms with Crippen molar-refractivity contribution in [2.45, 2.75) is 26.4 Å². The molecule has 2 heterocycles. The highest BCUT2D eigenvalue weighted by molar-refractivity contribution is 6.12. The van der Waals surface area contributed by atoms with Crippen molar-refractivity contribution in [1.29, 1.82) is 0 Å². The van der Waals surface area contributed by atoms with Crippen LogP contribution in [0, 0.1) is 0 Å². The topological polar surface area (TPSA) is 91.3 Å². The number of aromatic nitrogens is 4. The number of carbonyl (C=O) groups is 1. The van der Waals surface area contributed by atoms with Gasteiger partial charge in [0.25, 0.3) is 0 Å². The summed E-state index contributed by atoms with van der Waals surface area (Å²) in [5.41, 5.74) is 2.57. The number of nitrogens with one attached hydrogen (secondary N) is 1. The zero-order valence-corrected chi connectivity index (χ0v) is 19.0. The maximum Gasteiger partial charge on any atom is 0.245 e. The number of hydrogen-bond donors (Lipinski definition) is 1. The number of hydrogen-bond acceptors (Lipinski definition) is 6. The van der Waals surface area contributed by atoms with Gasteiger partial charge >= 0.3 is 0 Å². The van der Waals surface area contributed by atoms with E-state index in [4.69, 9.17) is 14.2 Å². The fourth-order valence-electron chi connectivity index (χ4n) is 3.34. The SMILES string of the molecule is COc1ccc(C(=O)c2cn(-c3cc(C(C)C)n[nH]3)nc2OCc2ccccc2)c(OC)c1. The van der Waals surface area contributed by atoms with E-state index in [0.717, 1.165) is 11.3 Å². The molecule has 0 saturated carbocycles. The van der Waals surface area contributed by atoms with Crippen molar-refractivity contribution in [2.24, 2.45) is 0 Å². The van der Waals surface area contributed by atoms with Gasteiger partial charge in [0.15, 0.2) is 0 Å². The number of carbonyl (C=O) groups excluding carboxylic acids is 1. The summed E-state index contributed by atoms with van der Waals surface area (Å²) >= 11 is 0. The highest BCUT2D eigenvalue weighted by atomic mass is 16.5. The molecule has 33 heavy (non-hydrogen) atoms. The molecule has 0 fully saturated rings. The van der Waals surface area contributed by atoms with Crippen LogP contribution in [0.1, 0.15) is 46.9 Å². The van der Waals surface area contributed by atoms with Gasteiger partial charge in [0.05, 0.1) is 25.5 Å². The van der Waals surface area contributed by atoms with Crippen LogP contribution in [-0.2, 0) is 6.61 Å². The van der Waals surface area contributed by atoms with Crippen molar-refractivity contribution in [2.75, 3.05) is 14.2 Å². The van der Waals surface area contributed by atoms with Crippen LogP contribution in [-0.4, -0.2) is 40.0 Å². The third kappa shape index (κ3) is 4.74. The number of nitrogens with zero attached hydrogens (tertiary/aromatic N) is 3. The maximum atomic E-state index is 13.5. The molecule has 0 saturated heterocycles. The molecule has 0 atom stereocenters. The lowest BCUT2D eigenvalue weighted by molar-refractivity contribution is 0.103. The number of H-pyrrole nitrogens is 1. The van der Waals surface area contributed by atoms with Crippen LogP contribution in [0.5, 0.6) is 17.4 Å². The van der Waals surface area contributed by atoms with E-state index < -0.39 is 0 Å². The van der Waals surface area contributed by atoms with Gasteiger partial charge in [0.2, 0.25) is 11.7 Å². The number of aromatic amines is 1. The third-order valence-corrected chi connectivity index (χ3v) is 5.22. The molecular weight excluding hydrogens is 420 g/mol. The van der Waals surface area contributed by atoms with Crippen molar-refractivity contribution in [3.8, 4) is 23.2 Å². The highest BCUT2D eigenvalue weighted by Gasteiger charge is 2.24. The molecule has 1 N–H and O–H groups in total. The van der Waals surface area contributed by atoms with E-state index in [1.165, 1.54) is 7.11 Å². The van der Waals surface area contributed by atoms with Crippen molar-refractivity contribution in [3.05, 3.63) is 83.2 Å². The fraction of sp³-hybridized carbons (Fsp3) is 0.240. The monoisotopic (exact) mass is 446 g/mol. The summed E-state index contributed by atoms with van der Waals surface area (Å²) in [6.45, 7) is 4.39. The van der Waals surface area contributed by atoms with Gasteiger partial charge in [-0.25, -0.2) is 4.68 Å². The Labute approximate surface area is 192 Å². The lowest BCUT2D eigenvalue weighted by Gasteiger charge is -2.10.